The van der Waals surface area contributed by atoms with Crippen LogP contribution in [0.3, 0.4) is 0 Å². The fourth-order valence-corrected chi connectivity index (χ4v) is 2.97. The average Bonchev–Trinajstić information content (AvgIpc) is 3.48. The van der Waals surface area contributed by atoms with Crippen molar-refractivity contribution in [2.24, 2.45) is 0 Å². The van der Waals surface area contributed by atoms with Crippen molar-refractivity contribution in [2.75, 3.05) is 6.54 Å². The van der Waals surface area contributed by atoms with Gasteiger partial charge in [0.05, 0.1) is 0 Å². The number of aromatic nitrogens is 1. The number of carbonyl (C=O) groups excluding carboxylic acids is 2. The van der Waals surface area contributed by atoms with Gasteiger partial charge in [-0.3, -0.25) is 14.6 Å². The number of hydrogen-bond donors (Lipinski definition) is 1. The summed E-state index contributed by atoms with van der Waals surface area (Å²) in [6.45, 7) is 2.64. The first-order valence-electron chi connectivity index (χ1n) is 8.74. The quantitative estimate of drug-likeness (QED) is 0.844. The third-order valence-electron chi connectivity index (χ3n) is 4.41. The third-order valence-corrected chi connectivity index (χ3v) is 4.41. The van der Waals surface area contributed by atoms with Crippen LogP contribution in [0.25, 0.3) is 0 Å². The van der Waals surface area contributed by atoms with Gasteiger partial charge >= 0.3 is 0 Å². The Morgan fingerprint density at radius 3 is 2.56 bits per heavy atom. The van der Waals surface area contributed by atoms with E-state index < -0.39 is 6.04 Å². The topological polar surface area (TPSA) is 62.3 Å². The lowest BCUT2D eigenvalue weighted by atomic mass is 10.1. The van der Waals surface area contributed by atoms with Gasteiger partial charge in [0.2, 0.25) is 5.91 Å². The summed E-state index contributed by atoms with van der Waals surface area (Å²) >= 11 is 0. The highest BCUT2D eigenvalue weighted by molar-refractivity contribution is 5.97. The number of benzene rings is 1. The van der Waals surface area contributed by atoms with Crippen LogP contribution in [0.15, 0.2) is 54.9 Å². The minimum Gasteiger partial charge on any atom is -0.340 e. The SMILES string of the molecule is CCN(C(=O)C(Cc1cccnc1)NC(=O)c1ccccc1)C1CC1. The molecule has 1 N–H and O–H groups in total. The van der Waals surface area contributed by atoms with E-state index >= 15 is 0 Å². The Morgan fingerprint density at radius 1 is 1.20 bits per heavy atom. The number of nitrogens with zero attached hydrogens (tertiary/aromatic N) is 2. The maximum absolute atomic E-state index is 13.0. The van der Waals surface area contributed by atoms with Gasteiger partial charge in [-0.05, 0) is 43.5 Å². The van der Waals surface area contributed by atoms with Crippen molar-refractivity contribution in [2.45, 2.75) is 38.3 Å². The number of rotatable bonds is 7. The molecule has 1 heterocycles. The van der Waals surface area contributed by atoms with E-state index in [1.54, 1.807) is 24.5 Å². The molecule has 1 atom stereocenters. The van der Waals surface area contributed by atoms with Gasteiger partial charge in [0.15, 0.2) is 0 Å². The summed E-state index contributed by atoms with van der Waals surface area (Å²) in [5.74, 6) is -0.243. The fourth-order valence-electron chi connectivity index (χ4n) is 2.97. The second kappa shape index (κ2) is 7.92. The predicted molar refractivity (Wildman–Crippen MR) is 96.0 cm³/mol. The van der Waals surface area contributed by atoms with Gasteiger partial charge in [0, 0.05) is 37.0 Å². The van der Waals surface area contributed by atoms with Gasteiger partial charge in [0.25, 0.3) is 5.91 Å². The van der Waals surface area contributed by atoms with Gasteiger partial charge < -0.3 is 10.2 Å². The van der Waals surface area contributed by atoms with Gasteiger partial charge in [-0.2, -0.15) is 0 Å². The molecular weight excluding hydrogens is 314 g/mol. The standard InChI is InChI=1S/C20H23N3O2/c1-2-23(17-10-11-17)20(25)18(13-15-7-6-12-21-14-15)22-19(24)16-8-4-3-5-9-16/h3-9,12,14,17-18H,2,10-11,13H2,1H3,(H,22,24). The van der Waals surface area contributed by atoms with Gasteiger partial charge in [0.1, 0.15) is 6.04 Å². The second-order valence-corrected chi connectivity index (χ2v) is 6.31. The minimum absolute atomic E-state index is 0.0156. The summed E-state index contributed by atoms with van der Waals surface area (Å²) in [5.41, 5.74) is 1.49. The molecule has 3 rings (SSSR count). The van der Waals surface area contributed by atoms with E-state index in [-0.39, 0.29) is 11.8 Å². The third kappa shape index (κ3) is 4.44. The van der Waals surface area contributed by atoms with E-state index in [1.807, 2.05) is 42.2 Å². The van der Waals surface area contributed by atoms with Gasteiger partial charge in [-0.1, -0.05) is 24.3 Å². The molecule has 0 spiro atoms. The zero-order valence-electron chi connectivity index (χ0n) is 14.4. The first-order chi connectivity index (χ1) is 12.2. The van der Waals surface area contributed by atoms with Crippen LogP contribution in [-0.4, -0.2) is 40.3 Å². The maximum atomic E-state index is 13.0. The molecule has 1 aliphatic carbocycles. The van der Waals surface area contributed by atoms with E-state index in [0.717, 1.165) is 18.4 Å². The van der Waals surface area contributed by atoms with Crippen molar-refractivity contribution in [3.8, 4) is 0 Å². The highest BCUT2D eigenvalue weighted by Crippen LogP contribution is 2.27. The van der Waals surface area contributed by atoms with Crippen LogP contribution in [0.1, 0.15) is 35.7 Å². The molecule has 5 nitrogen and oxygen atoms in total. The second-order valence-electron chi connectivity index (χ2n) is 6.31. The molecule has 25 heavy (non-hydrogen) atoms. The smallest absolute Gasteiger partial charge is 0.251 e. The molecule has 2 aromatic rings. The summed E-state index contributed by atoms with van der Waals surface area (Å²) in [6.07, 6.45) is 5.97. The first kappa shape index (κ1) is 17.1. The normalized spacial score (nSPS) is 14.6. The number of pyridine rings is 1. The van der Waals surface area contributed by atoms with E-state index in [4.69, 9.17) is 0 Å². The van der Waals surface area contributed by atoms with Gasteiger partial charge in [-0.25, -0.2) is 0 Å². The molecule has 0 radical (unpaired) electrons. The number of hydrogen-bond acceptors (Lipinski definition) is 3. The summed E-state index contributed by atoms with van der Waals surface area (Å²) in [5, 5.41) is 2.92. The monoisotopic (exact) mass is 337 g/mol. The molecule has 1 aromatic heterocycles. The van der Waals surface area contributed by atoms with E-state index in [2.05, 4.69) is 10.3 Å². The Balaban J connectivity index is 1.78. The van der Waals surface area contributed by atoms with Crippen molar-refractivity contribution in [3.05, 3.63) is 66.0 Å². The fraction of sp³-hybridized carbons (Fsp3) is 0.350. The van der Waals surface area contributed by atoms with Crippen LogP contribution < -0.4 is 5.32 Å². The van der Waals surface area contributed by atoms with Crippen molar-refractivity contribution >= 4 is 11.8 Å². The average molecular weight is 337 g/mol. The summed E-state index contributed by atoms with van der Waals surface area (Å²) < 4.78 is 0. The van der Waals surface area contributed by atoms with E-state index in [0.29, 0.717) is 24.6 Å². The van der Waals surface area contributed by atoms with Crippen molar-refractivity contribution < 1.29 is 9.59 Å². The first-order valence-corrected chi connectivity index (χ1v) is 8.74. The molecule has 1 saturated carbocycles. The Bertz CT molecular complexity index is 714. The highest BCUT2D eigenvalue weighted by atomic mass is 16.2. The summed E-state index contributed by atoms with van der Waals surface area (Å²) in [4.78, 5) is 31.6. The molecule has 0 bridgehead atoms. The zero-order valence-corrected chi connectivity index (χ0v) is 14.4. The van der Waals surface area contributed by atoms with Crippen molar-refractivity contribution in [3.63, 3.8) is 0 Å². The van der Waals surface area contributed by atoms with Crippen molar-refractivity contribution in [1.29, 1.82) is 0 Å². The molecule has 1 aliphatic rings. The Hall–Kier alpha value is -2.69. The van der Waals surface area contributed by atoms with Gasteiger partial charge in [-0.15, -0.1) is 0 Å². The molecule has 1 aromatic carbocycles. The Kier molecular flexibility index (Phi) is 5.43. The number of nitrogens with one attached hydrogen (secondary N) is 1. The van der Waals surface area contributed by atoms with Crippen LogP contribution in [0.4, 0.5) is 0 Å². The van der Waals surface area contributed by atoms with Crippen LogP contribution in [0.5, 0.6) is 0 Å². The lowest BCUT2D eigenvalue weighted by Crippen LogP contribution is -2.50. The van der Waals surface area contributed by atoms with Crippen LogP contribution in [0, 0.1) is 0 Å². The molecule has 0 saturated heterocycles. The number of amides is 2. The zero-order chi connectivity index (χ0) is 17.6. The maximum Gasteiger partial charge on any atom is 0.251 e. The Labute approximate surface area is 148 Å². The molecule has 5 heteroatoms. The van der Waals surface area contributed by atoms with E-state index in [1.165, 1.54) is 0 Å². The molecule has 1 unspecified atom stereocenters. The largest absolute Gasteiger partial charge is 0.340 e. The minimum atomic E-state index is -0.586. The molecule has 1 fully saturated rings. The summed E-state index contributed by atoms with van der Waals surface area (Å²) in [6, 6.07) is 12.5. The predicted octanol–water partition coefficient (Wildman–Crippen LogP) is 2.43. The van der Waals surface area contributed by atoms with Crippen molar-refractivity contribution in [1.82, 2.24) is 15.2 Å². The molecule has 130 valence electrons. The number of carbonyl (C=O) groups is 2. The summed E-state index contributed by atoms with van der Waals surface area (Å²) in [7, 11) is 0. The Morgan fingerprint density at radius 2 is 1.96 bits per heavy atom. The van der Waals surface area contributed by atoms with E-state index in [9.17, 15) is 9.59 Å². The van der Waals surface area contributed by atoms with Crippen LogP contribution in [-0.2, 0) is 11.2 Å². The highest BCUT2D eigenvalue weighted by Gasteiger charge is 2.35. The lowest BCUT2D eigenvalue weighted by molar-refractivity contribution is -0.133. The molecule has 0 aliphatic heterocycles. The molecule has 2 amide bonds. The molecular formula is C20H23N3O2. The van der Waals surface area contributed by atoms with Crippen LogP contribution in [0.2, 0.25) is 0 Å². The number of likely N-dealkylation sites (N-methyl/N-ethyl adjacent to an activating group) is 1. The lowest BCUT2D eigenvalue weighted by Gasteiger charge is -2.27. The van der Waals surface area contributed by atoms with Crippen LogP contribution >= 0.6 is 0 Å².